The summed E-state index contributed by atoms with van der Waals surface area (Å²) in [4.78, 5) is 39.9. The maximum atomic E-state index is 11.9. The van der Waals surface area contributed by atoms with Crippen molar-refractivity contribution in [3.63, 3.8) is 0 Å². The molecule has 0 atom stereocenters. The second-order valence-electron chi connectivity index (χ2n) is 8.74. The van der Waals surface area contributed by atoms with E-state index in [2.05, 4.69) is 17.6 Å². The third-order valence-electron chi connectivity index (χ3n) is 5.86. The Hall–Kier alpha value is -4.62. The van der Waals surface area contributed by atoms with Crippen LogP contribution in [0.25, 0.3) is 0 Å². The van der Waals surface area contributed by atoms with E-state index in [0.29, 0.717) is 30.9 Å². The van der Waals surface area contributed by atoms with Gasteiger partial charge in [-0.2, -0.15) is 9.59 Å². The zero-order valence-corrected chi connectivity index (χ0v) is 22.4. The second kappa shape index (κ2) is 16.3. The summed E-state index contributed by atoms with van der Waals surface area (Å²) in [6.07, 6.45) is 3.19. The zero-order chi connectivity index (χ0) is 28.6. The predicted molar refractivity (Wildman–Crippen MR) is 146 cm³/mol. The van der Waals surface area contributed by atoms with Crippen molar-refractivity contribution in [2.75, 3.05) is 25.6 Å². The number of aromatic carboxylic acids is 1. The van der Waals surface area contributed by atoms with Crippen LogP contribution < -0.4 is 20.1 Å². The number of hydrogen-bond acceptors (Lipinski definition) is 7. The number of carbonyl (C=O) groups is 2. The van der Waals surface area contributed by atoms with Crippen molar-refractivity contribution in [1.82, 2.24) is 5.32 Å². The SMILES string of the molecule is CNC(=O)c1cc(C)c(CNc2ccc(OCCCCCOc3ccc(C)cc3)cc2)c(C(=O)O)c1.O=C=O. The molecule has 0 aliphatic carbocycles. The molecule has 0 spiro atoms. The number of hydrogen-bond donors (Lipinski definition) is 3. The van der Waals surface area contributed by atoms with Crippen LogP contribution in [-0.4, -0.2) is 43.4 Å². The van der Waals surface area contributed by atoms with Crippen molar-refractivity contribution in [2.24, 2.45) is 0 Å². The summed E-state index contributed by atoms with van der Waals surface area (Å²) in [5.41, 5.74) is 3.90. The summed E-state index contributed by atoms with van der Waals surface area (Å²) in [5, 5.41) is 15.4. The molecule has 0 heterocycles. The molecule has 0 aliphatic rings. The van der Waals surface area contributed by atoms with Crippen LogP contribution in [0.4, 0.5) is 5.69 Å². The fourth-order valence-electron chi connectivity index (χ4n) is 3.77. The summed E-state index contributed by atoms with van der Waals surface area (Å²) in [7, 11) is 1.52. The van der Waals surface area contributed by atoms with Gasteiger partial charge in [0.2, 0.25) is 0 Å². The molecular formula is C30H34N2O7. The van der Waals surface area contributed by atoms with Crippen molar-refractivity contribution >= 4 is 23.7 Å². The quantitative estimate of drug-likeness (QED) is 0.261. The predicted octanol–water partition coefficient (Wildman–Crippen LogP) is 5.02. The molecule has 0 fully saturated rings. The molecule has 3 aromatic rings. The molecule has 0 unspecified atom stereocenters. The summed E-state index contributed by atoms with van der Waals surface area (Å²) >= 11 is 0. The molecule has 0 aliphatic heterocycles. The lowest BCUT2D eigenvalue weighted by Gasteiger charge is -2.14. The maximum absolute atomic E-state index is 11.9. The lowest BCUT2D eigenvalue weighted by atomic mass is 9.97. The van der Waals surface area contributed by atoms with E-state index in [-0.39, 0.29) is 17.6 Å². The maximum Gasteiger partial charge on any atom is 0.373 e. The highest BCUT2D eigenvalue weighted by atomic mass is 16.5. The van der Waals surface area contributed by atoms with E-state index in [1.807, 2.05) is 55.5 Å². The van der Waals surface area contributed by atoms with Crippen LogP contribution in [0.3, 0.4) is 0 Å². The Morgan fingerprint density at radius 2 is 1.38 bits per heavy atom. The molecule has 0 saturated heterocycles. The van der Waals surface area contributed by atoms with Gasteiger partial charge < -0.3 is 25.2 Å². The Bertz CT molecular complexity index is 1250. The van der Waals surface area contributed by atoms with Gasteiger partial charge in [-0.05, 0) is 92.8 Å². The van der Waals surface area contributed by atoms with Gasteiger partial charge in [0.25, 0.3) is 5.91 Å². The van der Waals surface area contributed by atoms with Crippen molar-refractivity contribution in [3.8, 4) is 11.5 Å². The van der Waals surface area contributed by atoms with Gasteiger partial charge in [0.15, 0.2) is 0 Å². The van der Waals surface area contributed by atoms with E-state index in [4.69, 9.17) is 19.1 Å². The zero-order valence-electron chi connectivity index (χ0n) is 22.4. The Morgan fingerprint density at radius 1 is 0.846 bits per heavy atom. The number of carboxylic acid groups (broad SMARTS) is 1. The van der Waals surface area contributed by atoms with Gasteiger partial charge in [-0.25, -0.2) is 4.79 Å². The molecule has 0 saturated carbocycles. The average Bonchev–Trinajstić information content (AvgIpc) is 2.93. The Kier molecular flexibility index (Phi) is 12.8. The number of aryl methyl sites for hydroxylation is 2. The van der Waals surface area contributed by atoms with Crippen LogP contribution in [0.1, 0.15) is 56.7 Å². The van der Waals surface area contributed by atoms with Gasteiger partial charge >= 0.3 is 12.1 Å². The number of amides is 1. The molecule has 206 valence electrons. The number of nitrogens with one attached hydrogen (secondary N) is 2. The number of unbranched alkanes of at least 4 members (excludes halogenated alkanes) is 2. The van der Waals surface area contributed by atoms with Crippen LogP contribution in [-0.2, 0) is 16.1 Å². The number of rotatable bonds is 13. The topological polar surface area (TPSA) is 131 Å². The van der Waals surface area contributed by atoms with E-state index in [1.165, 1.54) is 18.7 Å². The van der Waals surface area contributed by atoms with Crippen LogP contribution in [0, 0.1) is 13.8 Å². The average molecular weight is 535 g/mol. The summed E-state index contributed by atoms with van der Waals surface area (Å²) in [6.45, 7) is 5.52. The molecule has 0 aromatic heterocycles. The lowest BCUT2D eigenvalue weighted by molar-refractivity contribution is -0.191. The standard InChI is InChI=1S/C29H34N2O5.CO2/c1-20-7-11-24(12-8-20)35-15-5-4-6-16-36-25-13-9-23(10-14-25)31-19-27-21(2)17-22(28(32)30-3)18-26(27)29(33)34;2-1-3/h7-14,17-18,31H,4-6,15-16,19H2,1-3H3,(H,30,32)(H,33,34);. The monoisotopic (exact) mass is 534 g/mol. The number of benzene rings is 3. The molecular weight excluding hydrogens is 500 g/mol. The Morgan fingerprint density at radius 3 is 1.90 bits per heavy atom. The largest absolute Gasteiger partial charge is 0.494 e. The van der Waals surface area contributed by atoms with Crippen molar-refractivity contribution in [2.45, 2.75) is 39.7 Å². The molecule has 3 N–H and O–H groups in total. The van der Waals surface area contributed by atoms with E-state index in [1.54, 1.807) is 6.07 Å². The fraction of sp³-hybridized carbons (Fsp3) is 0.300. The second-order valence-corrected chi connectivity index (χ2v) is 8.74. The Balaban J connectivity index is 0.00000170. The highest BCUT2D eigenvalue weighted by molar-refractivity contribution is 5.98. The fourth-order valence-corrected chi connectivity index (χ4v) is 3.77. The number of ether oxygens (including phenoxy) is 2. The van der Waals surface area contributed by atoms with Crippen LogP contribution in [0.2, 0.25) is 0 Å². The van der Waals surface area contributed by atoms with Crippen LogP contribution in [0.5, 0.6) is 11.5 Å². The van der Waals surface area contributed by atoms with Gasteiger partial charge in [0.1, 0.15) is 11.5 Å². The minimum atomic E-state index is -1.06. The molecule has 39 heavy (non-hydrogen) atoms. The Labute approximate surface area is 228 Å². The first kappa shape index (κ1) is 30.6. The van der Waals surface area contributed by atoms with Gasteiger partial charge in [-0.15, -0.1) is 0 Å². The summed E-state index contributed by atoms with van der Waals surface area (Å²) < 4.78 is 11.6. The minimum Gasteiger partial charge on any atom is -0.494 e. The summed E-state index contributed by atoms with van der Waals surface area (Å²) in [5.74, 6) is 0.312. The van der Waals surface area contributed by atoms with E-state index >= 15 is 0 Å². The first-order chi connectivity index (χ1) is 18.8. The molecule has 1 amide bonds. The van der Waals surface area contributed by atoms with Crippen LogP contribution in [0.15, 0.2) is 60.7 Å². The number of carboxylic acids is 1. The van der Waals surface area contributed by atoms with Crippen molar-refractivity contribution < 1.29 is 33.8 Å². The third-order valence-corrected chi connectivity index (χ3v) is 5.86. The highest BCUT2D eigenvalue weighted by Crippen LogP contribution is 2.21. The number of carbonyl (C=O) groups excluding carboxylic acids is 3. The molecule has 9 heteroatoms. The van der Waals surface area contributed by atoms with Crippen molar-refractivity contribution in [1.29, 1.82) is 0 Å². The summed E-state index contributed by atoms with van der Waals surface area (Å²) in [6, 6.07) is 18.8. The lowest BCUT2D eigenvalue weighted by Crippen LogP contribution is -2.20. The molecule has 3 aromatic carbocycles. The van der Waals surface area contributed by atoms with Gasteiger partial charge in [0, 0.05) is 24.8 Å². The van der Waals surface area contributed by atoms with Crippen molar-refractivity contribution in [3.05, 3.63) is 88.5 Å². The van der Waals surface area contributed by atoms with Gasteiger partial charge in [-0.1, -0.05) is 17.7 Å². The van der Waals surface area contributed by atoms with Gasteiger partial charge in [-0.3, -0.25) is 4.79 Å². The first-order valence-electron chi connectivity index (χ1n) is 12.5. The molecule has 0 radical (unpaired) electrons. The first-order valence-corrected chi connectivity index (χ1v) is 12.5. The molecule has 3 rings (SSSR count). The minimum absolute atomic E-state index is 0.116. The molecule has 0 bridgehead atoms. The van der Waals surface area contributed by atoms with E-state index in [9.17, 15) is 14.7 Å². The van der Waals surface area contributed by atoms with E-state index in [0.717, 1.165) is 42.0 Å². The highest BCUT2D eigenvalue weighted by Gasteiger charge is 2.16. The molecule has 9 nitrogen and oxygen atoms in total. The smallest absolute Gasteiger partial charge is 0.373 e. The van der Waals surface area contributed by atoms with Gasteiger partial charge in [0.05, 0.1) is 18.8 Å². The van der Waals surface area contributed by atoms with E-state index < -0.39 is 5.97 Å². The van der Waals surface area contributed by atoms with Crippen LogP contribution >= 0.6 is 0 Å². The number of anilines is 1. The third kappa shape index (κ3) is 10.3. The normalized spacial score (nSPS) is 9.92.